The number of benzene rings is 1. The van der Waals surface area contributed by atoms with Crippen molar-refractivity contribution in [3.63, 3.8) is 0 Å². The summed E-state index contributed by atoms with van der Waals surface area (Å²) in [5, 5.41) is 6.49. The van der Waals surface area contributed by atoms with Gasteiger partial charge in [-0.15, -0.1) is 0 Å². The van der Waals surface area contributed by atoms with E-state index < -0.39 is 0 Å². The molecule has 3 atom stereocenters. The van der Waals surface area contributed by atoms with Crippen LogP contribution in [0.1, 0.15) is 32.6 Å². The van der Waals surface area contributed by atoms with Crippen molar-refractivity contribution < 1.29 is 0 Å². The van der Waals surface area contributed by atoms with Crippen molar-refractivity contribution in [3.8, 4) is 11.1 Å². The maximum absolute atomic E-state index is 13.6. The zero-order valence-corrected chi connectivity index (χ0v) is 20.2. The molecule has 4 aromatic rings. The average Bonchev–Trinajstić information content (AvgIpc) is 3.38. The lowest BCUT2D eigenvalue weighted by molar-refractivity contribution is 0.302. The zero-order chi connectivity index (χ0) is 23.2. The molecule has 2 saturated heterocycles. The molecule has 10 heteroatoms. The molecule has 1 aromatic carbocycles. The van der Waals surface area contributed by atoms with E-state index in [0.717, 1.165) is 25.7 Å². The molecule has 2 fully saturated rings. The minimum absolute atomic E-state index is 0.111. The summed E-state index contributed by atoms with van der Waals surface area (Å²) in [6.07, 6.45) is 5.73. The van der Waals surface area contributed by atoms with E-state index in [4.69, 9.17) is 33.9 Å². The Morgan fingerprint density at radius 3 is 2.52 bits per heavy atom. The Labute approximate surface area is 200 Å². The van der Waals surface area contributed by atoms with Crippen molar-refractivity contribution in [1.29, 1.82) is 0 Å². The first-order valence-corrected chi connectivity index (χ1v) is 11.9. The highest BCUT2D eigenvalue weighted by atomic mass is 35.5. The topological polar surface area (TPSA) is 97.8 Å². The Morgan fingerprint density at radius 1 is 1.12 bits per heavy atom. The molecule has 1 unspecified atom stereocenters. The summed E-state index contributed by atoms with van der Waals surface area (Å²) >= 11 is 13.2. The van der Waals surface area contributed by atoms with Crippen LogP contribution in [-0.4, -0.2) is 41.9 Å². The molecule has 2 aliphatic rings. The minimum atomic E-state index is -0.173. The quantitative estimate of drug-likeness (QED) is 0.447. The molecule has 33 heavy (non-hydrogen) atoms. The molecule has 3 aromatic heterocycles. The SMILES string of the molecule is Cn1nc2ccc(-c3c[nH]c4nc(N5[C@@H]6CC[C@H]5CC(C)(N)C6)n(C)c(=O)c34)c(Cl)c2c1Cl. The van der Waals surface area contributed by atoms with Gasteiger partial charge in [-0.3, -0.25) is 14.0 Å². The monoisotopic (exact) mass is 485 g/mol. The first-order valence-electron chi connectivity index (χ1n) is 11.1. The van der Waals surface area contributed by atoms with Gasteiger partial charge in [0.25, 0.3) is 5.56 Å². The highest BCUT2D eigenvalue weighted by Crippen LogP contribution is 2.43. The van der Waals surface area contributed by atoms with Crippen molar-refractivity contribution in [2.24, 2.45) is 19.8 Å². The van der Waals surface area contributed by atoms with Gasteiger partial charge in [0.15, 0.2) is 0 Å². The van der Waals surface area contributed by atoms with E-state index in [1.165, 1.54) is 0 Å². The Kier molecular flexibility index (Phi) is 4.44. The highest BCUT2D eigenvalue weighted by Gasteiger charge is 2.46. The summed E-state index contributed by atoms with van der Waals surface area (Å²) in [4.78, 5) is 24.1. The molecule has 2 bridgehead atoms. The van der Waals surface area contributed by atoms with Crippen LogP contribution >= 0.6 is 23.2 Å². The number of hydrogen-bond acceptors (Lipinski definition) is 5. The molecule has 0 radical (unpaired) electrons. The molecule has 2 aliphatic heterocycles. The number of aryl methyl sites for hydroxylation is 1. The number of fused-ring (bicyclic) bond motifs is 4. The number of hydrogen-bond donors (Lipinski definition) is 2. The minimum Gasteiger partial charge on any atom is -0.345 e. The van der Waals surface area contributed by atoms with Gasteiger partial charge in [0.1, 0.15) is 10.8 Å². The van der Waals surface area contributed by atoms with Gasteiger partial charge in [-0.05, 0) is 38.7 Å². The molecular formula is C23H25Cl2N7O. The smallest absolute Gasteiger partial charge is 0.264 e. The number of aromatic nitrogens is 5. The van der Waals surface area contributed by atoms with Gasteiger partial charge in [0.05, 0.1) is 21.3 Å². The summed E-state index contributed by atoms with van der Waals surface area (Å²) < 4.78 is 3.25. The van der Waals surface area contributed by atoms with Crippen LogP contribution in [0.2, 0.25) is 10.2 Å². The van der Waals surface area contributed by atoms with Crippen LogP contribution in [0.3, 0.4) is 0 Å². The van der Waals surface area contributed by atoms with Crippen LogP contribution in [-0.2, 0) is 14.1 Å². The fourth-order valence-corrected chi connectivity index (χ4v) is 6.49. The molecule has 6 rings (SSSR count). The summed E-state index contributed by atoms with van der Waals surface area (Å²) in [7, 11) is 3.56. The Hall–Kier alpha value is -2.55. The Bertz CT molecular complexity index is 1480. The van der Waals surface area contributed by atoms with Crippen LogP contribution in [0.15, 0.2) is 23.1 Å². The fraction of sp³-hybridized carbons (Fsp3) is 0.435. The number of nitrogens with zero attached hydrogens (tertiary/aromatic N) is 5. The summed E-state index contributed by atoms with van der Waals surface area (Å²) in [5.41, 5.74) is 8.87. The third kappa shape index (κ3) is 2.97. The molecule has 0 spiro atoms. The van der Waals surface area contributed by atoms with Gasteiger partial charge < -0.3 is 15.6 Å². The predicted octanol–water partition coefficient (Wildman–Crippen LogP) is 3.97. The van der Waals surface area contributed by atoms with Gasteiger partial charge >= 0.3 is 0 Å². The lowest BCUT2D eigenvalue weighted by Gasteiger charge is -2.43. The van der Waals surface area contributed by atoms with E-state index in [1.807, 2.05) is 12.1 Å². The Morgan fingerprint density at radius 2 is 1.82 bits per heavy atom. The van der Waals surface area contributed by atoms with Crippen LogP contribution in [0.5, 0.6) is 0 Å². The van der Waals surface area contributed by atoms with E-state index in [0.29, 0.717) is 61.3 Å². The first-order chi connectivity index (χ1) is 15.7. The van der Waals surface area contributed by atoms with Crippen LogP contribution in [0.4, 0.5) is 5.95 Å². The lowest BCUT2D eigenvalue weighted by atomic mass is 9.86. The third-order valence-corrected chi connectivity index (χ3v) is 8.13. The number of rotatable bonds is 2. The number of nitrogens with one attached hydrogen (secondary N) is 1. The maximum atomic E-state index is 13.6. The predicted molar refractivity (Wildman–Crippen MR) is 132 cm³/mol. The van der Waals surface area contributed by atoms with Crippen LogP contribution < -0.4 is 16.2 Å². The van der Waals surface area contributed by atoms with Crippen molar-refractivity contribution in [2.45, 2.75) is 50.2 Å². The van der Waals surface area contributed by atoms with Crippen molar-refractivity contribution in [2.75, 3.05) is 4.90 Å². The first kappa shape index (κ1) is 21.0. The lowest BCUT2D eigenvalue weighted by Crippen LogP contribution is -2.55. The standard InChI is InChI=1S/C23H25Cl2N7O/c1-23(26)8-11-4-5-12(9-23)32(11)22-28-20-16(21(33)30(22)2)14(10-27-20)13-6-7-15-17(18(13)24)19(25)31(3)29-15/h6-7,10-12,27H,4-5,8-9,26H2,1-3H3/t11-,12+,23?. The molecule has 5 heterocycles. The molecule has 0 amide bonds. The third-order valence-electron chi connectivity index (χ3n) is 7.30. The van der Waals surface area contributed by atoms with E-state index in [9.17, 15) is 4.79 Å². The fourth-order valence-electron chi connectivity index (χ4n) is 5.86. The zero-order valence-electron chi connectivity index (χ0n) is 18.7. The summed E-state index contributed by atoms with van der Waals surface area (Å²) in [5.74, 6) is 0.695. The number of anilines is 1. The molecule has 172 valence electrons. The Balaban J connectivity index is 1.51. The van der Waals surface area contributed by atoms with Gasteiger partial charge in [-0.2, -0.15) is 10.1 Å². The molecule has 0 saturated carbocycles. The second kappa shape index (κ2) is 6.98. The summed E-state index contributed by atoms with van der Waals surface area (Å²) in [6.45, 7) is 2.12. The van der Waals surface area contributed by atoms with Crippen LogP contribution in [0, 0.1) is 0 Å². The molecule has 8 nitrogen and oxygen atoms in total. The van der Waals surface area contributed by atoms with E-state index in [2.05, 4.69) is 21.9 Å². The molecular weight excluding hydrogens is 461 g/mol. The number of aromatic amines is 1. The van der Waals surface area contributed by atoms with E-state index in [1.54, 1.807) is 29.5 Å². The highest BCUT2D eigenvalue weighted by molar-refractivity contribution is 6.43. The van der Waals surface area contributed by atoms with Crippen LogP contribution in [0.25, 0.3) is 33.1 Å². The second-order valence-corrected chi connectivity index (χ2v) is 10.5. The van der Waals surface area contributed by atoms with Gasteiger partial charge in [-0.25, -0.2) is 0 Å². The summed E-state index contributed by atoms with van der Waals surface area (Å²) in [6, 6.07) is 4.33. The maximum Gasteiger partial charge on any atom is 0.264 e. The van der Waals surface area contributed by atoms with Gasteiger partial charge in [0.2, 0.25) is 5.95 Å². The van der Waals surface area contributed by atoms with Crippen molar-refractivity contribution in [3.05, 3.63) is 38.9 Å². The van der Waals surface area contributed by atoms with Crippen molar-refractivity contribution in [1.82, 2.24) is 24.3 Å². The molecule has 3 N–H and O–H groups in total. The number of halogens is 2. The largest absolute Gasteiger partial charge is 0.345 e. The normalized spacial score (nSPS) is 25.0. The number of nitrogens with two attached hydrogens (primary N) is 1. The van der Waals surface area contributed by atoms with E-state index in [-0.39, 0.29) is 11.1 Å². The van der Waals surface area contributed by atoms with Gasteiger partial charge in [0, 0.05) is 49.0 Å². The second-order valence-electron chi connectivity index (χ2n) is 9.79. The molecule has 0 aliphatic carbocycles. The van der Waals surface area contributed by atoms with Crippen molar-refractivity contribution >= 4 is 51.1 Å². The number of piperidine rings is 1. The van der Waals surface area contributed by atoms with Gasteiger partial charge in [-0.1, -0.05) is 29.3 Å². The van der Waals surface area contributed by atoms with E-state index >= 15 is 0 Å². The average molecular weight is 486 g/mol. The number of H-pyrrole nitrogens is 1.